The van der Waals surface area contributed by atoms with Crippen molar-refractivity contribution in [1.29, 1.82) is 0 Å². The van der Waals surface area contributed by atoms with Crippen LogP contribution in [0.3, 0.4) is 0 Å². The van der Waals surface area contributed by atoms with Gasteiger partial charge in [0.1, 0.15) is 11.8 Å². The number of allylic oxidation sites excluding steroid dienone is 1. The number of halogens is 3. The molecule has 65 valence electrons. The van der Waals surface area contributed by atoms with Gasteiger partial charge in [0.05, 0.1) is 6.54 Å². The number of rotatable bonds is 2. The van der Waals surface area contributed by atoms with Crippen LogP contribution < -0.4 is 0 Å². The smallest absolute Gasteiger partial charge is 0.268 e. The van der Waals surface area contributed by atoms with E-state index in [1.165, 1.54) is 6.08 Å². The molecule has 1 aromatic heterocycles. The third kappa shape index (κ3) is 1.87. The first-order chi connectivity index (χ1) is 5.54. The molecule has 0 aliphatic heterocycles. The van der Waals surface area contributed by atoms with E-state index in [0.717, 1.165) is 10.9 Å². The molecule has 0 saturated heterocycles. The normalized spacial score (nSPS) is 11.6. The van der Waals surface area contributed by atoms with Crippen molar-refractivity contribution in [1.82, 2.24) is 9.78 Å². The second-order valence-electron chi connectivity index (χ2n) is 2.16. The molecule has 1 radical (unpaired) electrons. The topological polar surface area (TPSA) is 17.8 Å². The standard InChI is InChI=1S/C7H6F3N2/c1-2-3-12-5-6(4-11-12)7(8,9)10/h2,5H,1,3H2. The lowest BCUT2D eigenvalue weighted by atomic mass is 10.4. The summed E-state index contributed by atoms with van der Waals surface area (Å²) in [4.78, 5) is 0. The van der Waals surface area contributed by atoms with Crippen molar-refractivity contribution in [3.05, 3.63) is 30.6 Å². The fourth-order valence-electron chi connectivity index (χ4n) is 0.687. The average molecular weight is 175 g/mol. The lowest BCUT2D eigenvalue weighted by molar-refractivity contribution is -0.137. The first-order valence-electron chi connectivity index (χ1n) is 3.17. The van der Waals surface area contributed by atoms with Gasteiger partial charge in [0, 0.05) is 6.20 Å². The molecule has 1 heterocycles. The summed E-state index contributed by atoms with van der Waals surface area (Å²) in [7, 11) is 0. The van der Waals surface area contributed by atoms with Crippen molar-refractivity contribution in [2.45, 2.75) is 12.7 Å². The van der Waals surface area contributed by atoms with Crippen LogP contribution in [0.5, 0.6) is 0 Å². The zero-order chi connectivity index (χ0) is 9.19. The van der Waals surface area contributed by atoms with Crippen LogP contribution >= 0.6 is 0 Å². The van der Waals surface area contributed by atoms with Crippen LogP contribution in [0.1, 0.15) is 5.56 Å². The lowest BCUT2D eigenvalue weighted by Crippen LogP contribution is -2.03. The summed E-state index contributed by atoms with van der Waals surface area (Å²) in [5.41, 5.74) is -0.857. The minimum absolute atomic E-state index is 0.257. The number of alkyl halides is 3. The molecule has 0 bridgehead atoms. The molecule has 0 unspecified atom stereocenters. The zero-order valence-corrected chi connectivity index (χ0v) is 6.10. The van der Waals surface area contributed by atoms with Gasteiger partial charge in [-0.3, -0.25) is 4.68 Å². The van der Waals surface area contributed by atoms with Crippen LogP contribution in [-0.4, -0.2) is 9.78 Å². The number of aromatic nitrogens is 2. The molecular weight excluding hydrogens is 169 g/mol. The second-order valence-corrected chi connectivity index (χ2v) is 2.16. The van der Waals surface area contributed by atoms with E-state index in [-0.39, 0.29) is 6.54 Å². The molecule has 12 heavy (non-hydrogen) atoms. The van der Waals surface area contributed by atoms with Crippen molar-refractivity contribution < 1.29 is 13.2 Å². The van der Waals surface area contributed by atoms with Crippen LogP contribution in [0.25, 0.3) is 0 Å². The van der Waals surface area contributed by atoms with E-state index in [9.17, 15) is 13.2 Å². The summed E-state index contributed by atoms with van der Waals surface area (Å²) in [6, 6.07) is 0. The van der Waals surface area contributed by atoms with Crippen molar-refractivity contribution in [3.8, 4) is 0 Å². The van der Waals surface area contributed by atoms with E-state index in [2.05, 4.69) is 11.7 Å². The predicted octanol–water partition coefficient (Wildman–Crippen LogP) is 1.89. The second kappa shape index (κ2) is 3.00. The van der Waals surface area contributed by atoms with Crippen LogP contribution in [0.15, 0.2) is 18.9 Å². The lowest BCUT2D eigenvalue weighted by Gasteiger charge is -1.99. The molecule has 0 aliphatic rings. The highest BCUT2D eigenvalue weighted by molar-refractivity contribution is 5.06. The van der Waals surface area contributed by atoms with E-state index < -0.39 is 11.7 Å². The van der Waals surface area contributed by atoms with Gasteiger partial charge in [-0.15, -0.1) is 6.58 Å². The molecule has 0 N–H and O–H groups in total. The third-order valence-corrected chi connectivity index (χ3v) is 1.20. The molecule has 0 atom stereocenters. The van der Waals surface area contributed by atoms with Crippen molar-refractivity contribution in [3.63, 3.8) is 0 Å². The average Bonchev–Trinajstić information content (AvgIpc) is 2.35. The third-order valence-electron chi connectivity index (χ3n) is 1.20. The van der Waals surface area contributed by atoms with Gasteiger partial charge in [0.25, 0.3) is 0 Å². The van der Waals surface area contributed by atoms with E-state index in [1.807, 2.05) is 6.20 Å². The monoisotopic (exact) mass is 175 g/mol. The maximum absolute atomic E-state index is 11.9. The summed E-state index contributed by atoms with van der Waals surface area (Å²) in [5.74, 6) is 0. The highest BCUT2D eigenvalue weighted by Gasteiger charge is 2.32. The van der Waals surface area contributed by atoms with Gasteiger partial charge in [0.15, 0.2) is 0 Å². The fraction of sp³-hybridized carbons (Fsp3) is 0.286. The van der Waals surface area contributed by atoms with Crippen LogP contribution in [0, 0.1) is 6.20 Å². The highest BCUT2D eigenvalue weighted by atomic mass is 19.4. The number of nitrogens with zero attached hydrogens (tertiary/aromatic N) is 2. The Kier molecular flexibility index (Phi) is 2.21. The Bertz CT molecular complexity index is 274. The molecule has 2 nitrogen and oxygen atoms in total. The minimum Gasteiger partial charge on any atom is -0.268 e. The number of hydrogen-bond acceptors (Lipinski definition) is 1. The Morgan fingerprint density at radius 3 is 2.75 bits per heavy atom. The molecule has 0 fully saturated rings. The SMILES string of the molecule is C=CCn1cc(C(F)(F)F)[c]n1. The molecule has 0 aliphatic carbocycles. The highest BCUT2D eigenvalue weighted by Crippen LogP contribution is 2.27. The van der Waals surface area contributed by atoms with Crippen molar-refractivity contribution in [2.24, 2.45) is 0 Å². The summed E-state index contributed by atoms with van der Waals surface area (Å²) >= 11 is 0. The van der Waals surface area contributed by atoms with Crippen LogP contribution in [-0.2, 0) is 12.7 Å². The van der Waals surface area contributed by atoms with Crippen LogP contribution in [0.4, 0.5) is 13.2 Å². The summed E-state index contributed by atoms with van der Waals surface area (Å²) < 4.78 is 36.9. The van der Waals surface area contributed by atoms with Gasteiger partial charge < -0.3 is 0 Å². The first kappa shape index (κ1) is 8.83. The van der Waals surface area contributed by atoms with Crippen LogP contribution in [0.2, 0.25) is 0 Å². The fourth-order valence-corrected chi connectivity index (χ4v) is 0.687. The van der Waals surface area contributed by atoms with Gasteiger partial charge >= 0.3 is 6.18 Å². The van der Waals surface area contributed by atoms with E-state index >= 15 is 0 Å². The van der Waals surface area contributed by atoms with Gasteiger partial charge in [-0.05, 0) is 0 Å². The summed E-state index contributed by atoms with van der Waals surface area (Å²) in [6.07, 6.45) is -0.141. The first-order valence-corrected chi connectivity index (χ1v) is 3.17. The quantitative estimate of drug-likeness (QED) is 0.627. The molecular formula is C7H6F3N2. The molecule has 0 saturated carbocycles. The Morgan fingerprint density at radius 1 is 1.67 bits per heavy atom. The van der Waals surface area contributed by atoms with Gasteiger partial charge in [-0.2, -0.15) is 18.3 Å². The molecule has 1 aromatic rings. The van der Waals surface area contributed by atoms with Crippen molar-refractivity contribution >= 4 is 0 Å². The van der Waals surface area contributed by atoms with E-state index in [0.29, 0.717) is 0 Å². The molecule has 0 aromatic carbocycles. The number of hydrogen-bond donors (Lipinski definition) is 0. The Hall–Kier alpha value is -1.26. The zero-order valence-electron chi connectivity index (χ0n) is 6.10. The summed E-state index contributed by atoms with van der Waals surface area (Å²) in [6.45, 7) is 3.63. The molecule has 0 spiro atoms. The molecule has 1 rings (SSSR count). The van der Waals surface area contributed by atoms with Gasteiger partial charge in [0.2, 0.25) is 0 Å². The van der Waals surface area contributed by atoms with Crippen molar-refractivity contribution in [2.75, 3.05) is 0 Å². The minimum atomic E-state index is -4.36. The molecule has 0 amide bonds. The maximum atomic E-state index is 11.9. The van der Waals surface area contributed by atoms with Gasteiger partial charge in [-0.1, -0.05) is 6.08 Å². The molecule has 5 heteroatoms. The Morgan fingerprint density at radius 2 is 2.33 bits per heavy atom. The predicted molar refractivity (Wildman–Crippen MR) is 36.3 cm³/mol. The Labute approximate surface area is 67.3 Å². The maximum Gasteiger partial charge on any atom is 0.420 e. The van der Waals surface area contributed by atoms with Gasteiger partial charge in [-0.25, -0.2) is 0 Å². The van der Waals surface area contributed by atoms with E-state index in [1.54, 1.807) is 0 Å². The van der Waals surface area contributed by atoms with E-state index in [4.69, 9.17) is 0 Å². The Balaban J connectivity index is 2.84. The summed E-state index contributed by atoms with van der Waals surface area (Å²) in [5, 5.41) is 3.37. The largest absolute Gasteiger partial charge is 0.420 e.